The Labute approximate surface area is 168 Å². The molecule has 3 aromatic rings. The second kappa shape index (κ2) is 6.21. The van der Waals surface area contributed by atoms with Crippen LogP contribution in [0.3, 0.4) is 0 Å². The van der Waals surface area contributed by atoms with Crippen molar-refractivity contribution in [2.75, 3.05) is 10.6 Å². The normalized spacial score (nSPS) is 22.0. The van der Waals surface area contributed by atoms with E-state index >= 15 is 0 Å². The minimum atomic E-state index is -0.956. The van der Waals surface area contributed by atoms with E-state index in [0.29, 0.717) is 12.2 Å². The number of nitrogens with zero attached hydrogens (tertiary/aromatic N) is 1. The van der Waals surface area contributed by atoms with Crippen LogP contribution in [-0.2, 0) is 16.8 Å². The first-order valence-electron chi connectivity index (χ1n) is 9.60. The molecule has 5 heteroatoms. The minimum Gasteiger partial charge on any atom is -0.478 e. The fourth-order valence-corrected chi connectivity index (χ4v) is 4.57. The third-order valence-electron chi connectivity index (χ3n) is 6.14. The predicted octanol–water partition coefficient (Wildman–Crippen LogP) is 3.94. The Kier molecular flexibility index (Phi) is 3.74. The molecule has 1 aliphatic heterocycles. The van der Waals surface area contributed by atoms with E-state index in [4.69, 9.17) is 10.8 Å². The van der Waals surface area contributed by atoms with Crippen molar-refractivity contribution in [1.29, 1.82) is 0 Å². The van der Waals surface area contributed by atoms with Gasteiger partial charge in [0.05, 0.1) is 17.5 Å². The van der Waals surface area contributed by atoms with Gasteiger partial charge in [0.15, 0.2) is 0 Å². The van der Waals surface area contributed by atoms with Gasteiger partial charge in [-0.05, 0) is 53.4 Å². The molecule has 0 unspecified atom stereocenters. The second-order valence-electron chi connectivity index (χ2n) is 7.81. The third-order valence-corrected chi connectivity index (χ3v) is 6.14. The molecule has 1 saturated carbocycles. The van der Waals surface area contributed by atoms with Crippen LogP contribution in [0.25, 0.3) is 0 Å². The number of anilines is 2. The van der Waals surface area contributed by atoms with Gasteiger partial charge in [0, 0.05) is 17.3 Å². The lowest BCUT2D eigenvalue weighted by molar-refractivity contribution is -0.120. The number of fused-ring (bicyclic) bond motifs is 2. The number of rotatable bonds is 4. The van der Waals surface area contributed by atoms with Crippen LogP contribution in [0.1, 0.15) is 39.4 Å². The molecule has 1 heterocycles. The summed E-state index contributed by atoms with van der Waals surface area (Å²) in [7, 11) is 0. The smallest absolute Gasteiger partial charge is 0.335 e. The fourth-order valence-electron chi connectivity index (χ4n) is 4.57. The van der Waals surface area contributed by atoms with E-state index in [1.54, 1.807) is 24.3 Å². The van der Waals surface area contributed by atoms with E-state index in [2.05, 4.69) is 6.07 Å². The molecule has 3 aromatic carbocycles. The van der Waals surface area contributed by atoms with Crippen LogP contribution in [0.4, 0.5) is 11.4 Å². The molecule has 0 saturated heterocycles. The average molecular weight is 384 g/mol. The average Bonchev–Trinajstić information content (AvgIpc) is 3.44. The molecular formula is C24H20N2O3. The zero-order valence-corrected chi connectivity index (χ0v) is 15.7. The molecule has 2 aliphatic rings. The molecule has 1 spiro atoms. The standard InChI is InChI=1S/C24H20N2O3/c25-18-11-9-16(10-12-18)20-13-24(20)19-3-1-2-4-21(19)26(23(24)29)14-15-5-7-17(8-6-15)22(27)28/h1-12,20H,13-14,25H2,(H,27,28)/t20-,24-/m0/s1. The van der Waals surface area contributed by atoms with Crippen LogP contribution in [0.15, 0.2) is 72.8 Å². The highest BCUT2D eigenvalue weighted by molar-refractivity contribution is 6.11. The van der Waals surface area contributed by atoms with Crippen molar-refractivity contribution < 1.29 is 14.7 Å². The topological polar surface area (TPSA) is 83.6 Å². The largest absolute Gasteiger partial charge is 0.478 e. The van der Waals surface area contributed by atoms with Crippen molar-refractivity contribution in [3.05, 3.63) is 95.1 Å². The Balaban J connectivity index is 1.48. The van der Waals surface area contributed by atoms with E-state index in [1.807, 2.05) is 47.4 Å². The number of amides is 1. The summed E-state index contributed by atoms with van der Waals surface area (Å²) in [5.74, 6) is -0.693. The number of nitrogens with two attached hydrogens (primary N) is 1. The lowest BCUT2D eigenvalue weighted by Crippen LogP contribution is -2.32. The summed E-state index contributed by atoms with van der Waals surface area (Å²) in [6.45, 7) is 0.423. The molecule has 1 fully saturated rings. The highest BCUT2D eigenvalue weighted by Crippen LogP contribution is 2.66. The first-order chi connectivity index (χ1) is 14.0. The zero-order chi connectivity index (χ0) is 20.2. The monoisotopic (exact) mass is 384 g/mol. The van der Waals surface area contributed by atoms with Crippen LogP contribution >= 0.6 is 0 Å². The number of nitrogen functional groups attached to an aromatic ring is 1. The third kappa shape index (κ3) is 2.62. The maximum absolute atomic E-state index is 13.6. The molecule has 0 bridgehead atoms. The predicted molar refractivity (Wildman–Crippen MR) is 111 cm³/mol. The summed E-state index contributed by atoms with van der Waals surface area (Å²) in [4.78, 5) is 26.5. The number of carbonyl (C=O) groups excluding carboxylic acids is 1. The summed E-state index contributed by atoms with van der Waals surface area (Å²) in [6, 6.07) is 22.5. The molecule has 3 N–H and O–H groups in total. The van der Waals surface area contributed by atoms with Crippen molar-refractivity contribution in [2.24, 2.45) is 0 Å². The number of carbonyl (C=O) groups is 2. The van der Waals surface area contributed by atoms with Gasteiger partial charge < -0.3 is 15.7 Å². The molecule has 144 valence electrons. The second-order valence-corrected chi connectivity index (χ2v) is 7.81. The lowest BCUT2D eigenvalue weighted by Gasteiger charge is -2.18. The van der Waals surface area contributed by atoms with E-state index in [9.17, 15) is 9.59 Å². The number of para-hydroxylation sites is 1. The molecule has 29 heavy (non-hydrogen) atoms. The zero-order valence-electron chi connectivity index (χ0n) is 15.7. The highest BCUT2D eigenvalue weighted by atomic mass is 16.4. The molecule has 5 nitrogen and oxygen atoms in total. The Hall–Kier alpha value is -3.60. The van der Waals surface area contributed by atoms with Crippen LogP contribution in [0.2, 0.25) is 0 Å². The molecule has 0 aromatic heterocycles. The summed E-state index contributed by atoms with van der Waals surface area (Å²) in [6.07, 6.45) is 0.793. The van der Waals surface area contributed by atoms with Crippen molar-refractivity contribution >= 4 is 23.3 Å². The Morgan fingerprint density at radius 1 is 1.03 bits per heavy atom. The number of carboxylic acids is 1. The highest BCUT2D eigenvalue weighted by Gasteiger charge is 2.66. The van der Waals surface area contributed by atoms with Gasteiger partial charge >= 0.3 is 5.97 Å². The van der Waals surface area contributed by atoms with Gasteiger partial charge in [0.1, 0.15) is 0 Å². The Morgan fingerprint density at radius 2 is 1.72 bits per heavy atom. The number of hydrogen-bond acceptors (Lipinski definition) is 3. The van der Waals surface area contributed by atoms with Crippen LogP contribution < -0.4 is 10.6 Å². The molecule has 0 radical (unpaired) electrons. The summed E-state index contributed by atoms with van der Waals surface area (Å²) in [5.41, 5.74) is 10.3. The summed E-state index contributed by atoms with van der Waals surface area (Å²) < 4.78 is 0. The summed E-state index contributed by atoms with van der Waals surface area (Å²) >= 11 is 0. The maximum atomic E-state index is 13.6. The van der Waals surface area contributed by atoms with Gasteiger partial charge in [-0.3, -0.25) is 4.79 Å². The minimum absolute atomic E-state index is 0.114. The lowest BCUT2D eigenvalue weighted by atomic mass is 9.92. The van der Waals surface area contributed by atoms with E-state index in [0.717, 1.165) is 28.8 Å². The van der Waals surface area contributed by atoms with Crippen LogP contribution in [-0.4, -0.2) is 17.0 Å². The molecular weight excluding hydrogens is 364 g/mol. The van der Waals surface area contributed by atoms with Crippen molar-refractivity contribution in [3.8, 4) is 0 Å². The van der Waals surface area contributed by atoms with Gasteiger partial charge in [-0.1, -0.05) is 42.5 Å². The van der Waals surface area contributed by atoms with Crippen LogP contribution in [0, 0.1) is 0 Å². The number of hydrogen-bond donors (Lipinski definition) is 2. The molecule has 1 amide bonds. The number of carboxylic acid groups (broad SMARTS) is 1. The van der Waals surface area contributed by atoms with Gasteiger partial charge in [0.25, 0.3) is 0 Å². The Bertz CT molecular complexity index is 1120. The quantitative estimate of drug-likeness (QED) is 0.668. The van der Waals surface area contributed by atoms with Crippen molar-refractivity contribution in [3.63, 3.8) is 0 Å². The van der Waals surface area contributed by atoms with E-state index in [-0.39, 0.29) is 17.4 Å². The van der Waals surface area contributed by atoms with Gasteiger partial charge in [-0.25, -0.2) is 4.79 Å². The summed E-state index contributed by atoms with van der Waals surface area (Å²) in [5, 5.41) is 9.09. The molecule has 2 atom stereocenters. The van der Waals surface area contributed by atoms with E-state index < -0.39 is 11.4 Å². The van der Waals surface area contributed by atoms with Gasteiger partial charge in [-0.2, -0.15) is 0 Å². The van der Waals surface area contributed by atoms with Crippen LogP contribution in [0.5, 0.6) is 0 Å². The van der Waals surface area contributed by atoms with Gasteiger partial charge in [0.2, 0.25) is 5.91 Å². The van der Waals surface area contributed by atoms with Gasteiger partial charge in [-0.15, -0.1) is 0 Å². The fraction of sp³-hybridized carbons (Fsp3) is 0.167. The number of aromatic carboxylic acids is 1. The van der Waals surface area contributed by atoms with Crippen molar-refractivity contribution in [1.82, 2.24) is 0 Å². The van der Waals surface area contributed by atoms with E-state index in [1.165, 1.54) is 0 Å². The molecule has 5 rings (SSSR count). The first-order valence-corrected chi connectivity index (χ1v) is 9.60. The molecule has 1 aliphatic carbocycles. The first kappa shape index (κ1) is 17.5. The number of benzene rings is 3. The van der Waals surface area contributed by atoms with Crippen molar-refractivity contribution in [2.45, 2.75) is 24.3 Å². The maximum Gasteiger partial charge on any atom is 0.335 e. The SMILES string of the molecule is Nc1ccc([C@@H]2C[C@@]23C(=O)N(Cc2ccc(C(=O)O)cc2)c2ccccc23)cc1. The Morgan fingerprint density at radius 3 is 2.41 bits per heavy atom.